The fraction of sp³-hybridized carbons (Fsp3) is 0.519. The van der Waals surface area contributed by atoms with Gasteiger partial charge in [-0.25, -0.2) is 5.57 Å². The van der Waals surface area contributed by atoms with Crippen molar-refractivity contribution in [3.63, 3.8) is 0 Å². The van der Waals surface area contributed by atoms with Crippen LogP contribution < -0.4 is 5.30 Å². The maximum atomic E-state index is 4.89. The molecule has 1 aliphatic rings. The molecule has 0 aliphatic heterocycles. The van der Waals surface area contributed by atoms with Crippen LogP contribution in [0, 0.1) is 11.5 Å². The SMILES string of the molecule is CC(C)(C)P(c1cc2ccccc2[cH-]1)C(C)(C)C.CC1=[C-]C(C)(C)C(C)=C1C.[Cl][Ti][Cl]. The molecule has 31 heavy (non-hydrogen) atoms. The van der Waals surface area contributed by atoms with Gasteiger partial charge < -0.3 is 0 Å². The molecule has 0 N–H and O–H groups in total. The van der Waals surface area contributed by atoms with Gasteiger partial charge in [0.25, 0.3) is 0 Å². The monoisotopic (exact) mass is 512 g/mol. The van der Waals surface area contributed by atoms with Gasteiger partial charge in [0.15, 0.2) is 0 Å². The van der Waals surface area contributed by atoms with Gasteiger partial charge in [-0.1, -0.05) is 88.6 Å². The molecule has 0 bridgehead atoms. The second kappa shape index (κ2) is 11.4. The fourth-order valence-electron chi connectivity index (χ4n) is 4.45. The van der Waals surface area contributed by atoms with Gasteiger partial charge in [0.2, 0.25) is 0 Å². The van der Waals surface area contributed by atoms with E-state index in [0.717, 1.165) is 0 Å². The number of hydrogen-bond acceptors (Lipinski definition) is 0. The Kier molecular flexibility index (Phi) is 10.7. The van der Waals surface area contributed by atoms with Crippen LogP contribution in [-0.2, 0) is 17.0 Å². The third-order valence-corrected chi connectivity index (χ3v) is 9.22. The molecular weight excluding hydrogens is 474 g/mol. The van der Waals surface area contributed by atoms with Crippen molar-refractivity contribution in [2.24, 2.45) is 5.41 Å². The van der Waals surface area contributed by atoms with E-state index in [1.165, 1.54) is 27.5 Å². The van der Waals surface area contributed by atoms with Gasteiger partial charge in [-0.15, -0.1) is 47.3 Å². The summed E-state index contributed by atoms with van der Waals surface area (Å²) in [6.45, 7) is 25.2. The molecule has 1 aliphatic carbocycles. The summed E-state index contributed by atoms with van der Waals surface area (Å²) in [4.78, 5) is 0. The Morgan fingerprint density at radius 2 is 1.42 bits per heavy atom. The number of benzene rings is 1. The Bertz CT molecular complexity index is 874. The predicted molar refractivity (Wildman–Crippen MR) is 142 cm³/mol. The van der Waals surface area contributed by atoms with E-state index < -0.39 is 17.0 Å². The Balaban J connectivity index is 0.000000311. The molecule has 0 amide bonds. The summed E-state index contributed by atoms with van der Waals surface area (Å²) in [7, 11) is 9.59. The van der Waals surface area contributed by atoms with Crippen molar-refractivity contribution < 1.29 is 17.0 Å². The van der Waals surface area contributed by atoms with Gasteiger partial charge in [0.1, 0.15) is 0 Å². The summed E-state index contributed by atoms with van der Waals surface area (Å²) in [6.07, 6.45) is 3.44. The summed E-state index contributed by atoms with van der Waals surface area (Å²) in [6, 6.07) is 13.5. The average Bonchev–Trinajstić information content (AvgIpc) is 3.08. The average molecular weight is 513 g/mol. The van der Waals surface area contributed by atoms with E-state index in [1.807, 2.05) is 0 Å². The maximum absolute atomic E-state index is 4.89. The zero-order valence-corrected chi connectivity index (χ0v) is 25.1. The van der Waals surface area contributed by atoms with Gasteiger partial charge in [-0.3, -0.25) is 6.08 Å². The Hall–Kier alpha value is 0.0343. The normalized spacial score (nSPS) is 15.9. The Labute approximate surface area is 209 Å². The van der Waals surface area contributed by atoms with Crippen molar-refractivity contribution >= 4 is 42.6 Å². The zero-order chi connectivity index (χ0) is 24.2. The topological polar surface area (TPSA) is 0 Å². The molecule has 0 saturated carbocycles. The van der Waals surface area contributed by atoms with E-state index in [2.05, 4.69) is 119 Å². The van der Waals surface area contributed by atoms with E-state index in [1.54, 1.807) is 5.30 Å². The molecule has 0 unspecified atom stereocenters. The van der Waals surface area contributed by atoms with E-state index in [0.29, 0.717) is 10.3 Å². The molecule has 0 spiro atoms. The van der Waals surface area contributed by atoms with Crippen LogP contribution in [0.1, 0.15) is 76.2 Å². The summed E-state index contributed by atoms with van der Waals surface area (Å²) < 4.78 is 0. The number of halogens is 2. The molecule has 0 nitrogen and oxygen atoms in total. The van der Waals surface area contributed by atoms with Crippen LogP contribution in [0.5, 0.6) is 0 Å². The van der Waals surface area contributed by atoms with Crippen molar-refractivity contribution in [2.75, 3.05) is 0 Å². The molecule has 2 aromatic rings. The van der Waals surface area contributed by atoms with Gasteiger partial charge in [-0.2, -0.15) is 17.2 Å². The summed E-state index contributed by atoms with van der Waals surface area (Å²) in [5.41, 5.74) is 4.39. The second-order valence-electron chi connectivity index (χ2n) is 10.7. The van der Waals surface area contributed by atoms with Crippen LogP contribution in [0.15, 0.2) is 53.1 Å². The first kappa shape index (κ1) is 29.1. The van der Waals surface area contributed by atoms with Crippen LogP contribution in [0.25, 0.3) is 10.8 Å². The Morgan fingerprint density at radius 3 is 1.74 bits per heavy atom. The molecule has 0 fully saturated rings. The molecule has 0 aromatic heterocycles. The quantitative estimate of drug-likeness (QED) is 0.202. The summed E-state index contributed by atoms with van der Waals surface area (Å²) in [5, 5.41) is 5.00. The molecule has 4 heteroatoms. The van der Waals surface area contributed by atoms with Gasteiger partial charge in [-0.05, 0) is 10.3 Å². The zero-order valence-electron chi connectivity index (χ0n) is 21.2. The summed E-state index contributed by atoms with van der Waals surface area (Å²) in [5.74, 6) is 0. The number of hydrogen-bond donors (Lipinski definition) is 0. The van der Waals surface area contributed by atoms with E-state index in [9.17, 15) is 0 Å². The molecule has 0 atom stereocenters. The second-order valence-corrected chi connectivity index (χ2v) is 17.2. The standard InChI is InChI=1S/C17H24P.C10H15.2ClH.Ti/c1-16(2,3)18(17(4,5)6)15-11-13-9-7-8-10-14(13)12-15;1-7-6-10(4,5)9(3)8(7)2;;;/h7-12H,1-6H3;1-5H3;2*1H;/q2*-1;;;+2/p-2. The third kappa shape index (κ3) is 8.08. The van der Waals surface area contributed by atoms with Gasteiger partial charge >= 0.3 is 35.6 Å². The predicted octanol–water partition coefficient (Wildman–Crippen LogP) is 9.75. The summed E-state index contributed by atoms with van der Waals surface area (Å²) >= 11 is -0.556. The molecular formula is C27H39Cl2PTi-2. The molecule has 2 aromatic carbocycles. The minimum atomic E-state index is -0.556. The van der Waals surface area contributed by atoms with E-state index in [4.69, 9.17) is 18.6 Å². The van der Waals surface area contributed by atoms with Crippen LogP contribution in [0.2, 0.25) is 0 Å². The first-order chi connectivity index (χ1) is 14.1. The first-order valence-electron chi connectivity index (χ1n) is 10.8. The number of fused-ring (bicyclic) bond motifs is 1. The molecule has 0 heterocycles. The van der Waals surface area contributed by atoms with Crippen molar-refractivity contribution in [2.45, 2.75) is 86.5 Å². The van der Waals surface area contributed by atoms with Crippen LogP contribution in [0.3, 0.4) is 0 Å². The molecule has 0 saturated heterocycles. The molecule has 3 rings (SSSR count). The van der Waals surface area contributed by atoms with E-state index in [-0.39, 0.29) is 13.3 Å². The van der Waals surface area contributed by atoms with Crippen LogP contribution >= 0.6 is 26.5 Å². The number of allylic oxidation sites excluding steroid dienone is 4. The van der Waals surface area contributed by atoms with Crippen molar-refractivity contribution in [3.05, 3.63) is 59.2 Å². The van der Waals surface area contributed by atoms with Crippen LogP contribution in [0.4, 0.5) is 0 Å². The van der Waals surface area contributed by atoms with E-state index >= 15 is 0 Å². The molecule has 0 radical (unpaired) electrons. The third-order valence-electron chi connectivity index (χ3n) is 5.77. The van der Waals surface area contributed by atoms with Crippen LogP contribution in [-0.4, -0.2) is 10.3 Å². The minimum absolute atomic E-state index is 0.185. The number of rotatable bonds is 1. The van der Waals surface area contributed by atoms with Crippen molar-refractivity contribution in [1.29, 1.82) is 0 Å². The molecule has 172 valence electrons. The fourth-order valence-corrected chi connectivity index (χ4v) is 8.55. The van der Waals surface area contributed by atoms with Gasteiger partial charge in [0, 0.05) is 0 Å². The Morgan fingerprint density at radius 1 is 0.935 bits per heavy atom. The van der Waals surface area contributed by atoms with Gasteiger partial charge in [0.05, 0.1) is 0 Å². The first-order valence-corrected chi connectivity index (χ1v) is 16.4. The van der Waals surface area contributed by atoms with Crippen molar-refractivity contribution in [3.8, 4) is 0 Å². The van der Waals surface area contributed by atoms with Crippen molar-refractivity contribution in [1.82, 2.24) is 0 Å².